The normalized spacial score (nSPS) is 12.4. The maximum absolute atomic E-state index is 14.3. The molecule has 0 aliphatic carbocycles. The summed E-state index contributed by atoms with van der Waals surface area (Å²) >= 11 is 0. The molecule has 1 unspecified atom stereocenters. The van der Waals surface area contributed by atoms with Crippen LogP contribution in [0.25, 0.3) is 0 Å². The highest BCUT2D eigenvalue weighted by Gasteiger charge is 2.22. The molecular formula is C16H19F2N3. The average molecular weight is 291 g/mol. The molecule has 21 heavy (non-hydrogen) atoms. The Hall–Kier alpha value is -1.88. The van der Waals surface area contributed by atoms with Crippen LogP contribution in [-0.4, -0.2) is 16.5 Å². The summed E-state index contributed by atoms with van der Waals surface area (Å²) in [6.07, 6.45) is 2.51. The van der Waals surface area contributed by atoms with Crippen LogP contribution in [0.4, 0.5) is 8.78 Å². The molecule has 0 radical (unpaired) electrons. The topological polar surface area (TPSA) is 37.8 Å². The van der Waals surface area contributed by atoms with Crippen molar-refractivity contribution in [2.45, 2.75) is 33.2 Å². The van der Waals surface area contributed by atoms with Crippen molar-refractivity contribution in [1.82, 2.24) is 15.3 Å². The number of aromatic nitrogens is 2. The van der Waals surface area contributed by atoms with Crippen molar-refractivity contribution >= 4 is 0 Å². The first-order valence-electron chi connectivity index (χ1n) is 7.02. The van der Waals surface area contributed by atoms with Gasteiger partial charge < -0.3 is 5.32 Å². The Kier molecular flexibility index (Phi) is 4.96. The van der Waals surface area contributed by atoms with Gasteiger partial charge in [0.15, 0.2) is 11.6 Å². The van der Waals surface area contributed by atoms with Crippen LogP contribution < -0.4 is 5.32 Å². The van der Waals surface area contributed by atoms with Gasteiger partial charge in [0, 0.05) is 11.8 Å². The lowest BCUT2D eigenvalue weighted by molar-refractivity contribution is 0.473. The number of hydrogen-bond donors (Lipinski definition) is 1. The Balaban J connectivity index is 2.48. The van der Waals surface area contributed by atoms with Crippen LogP contribution >= 0.6 is 0 Å². The lowest BCUT2D eigenvalue weighted by Crippen LogP contribution is -2.25. The minimum atomic E-state index is -0.820. The predicted octanol–water partition coefficient (Wildman–Crippen LogP) is 3.46. The number of hydrogen-bond acceptors (Lipinski definition) is 3. The molecule has 0 saturated carbocycles. The minimum absolute atomic E-state index is 0.268. The Morgan fingerprint density at radius 2 is 1.90 bits per heavy atom. The number of benzene rings is 1. The first-order chi connectivity index (χ1) is 10.0. The Labute approximate surface area is 123 Å². The molecule has 2 rings (SSSR count). The van der Waals surface area contributed by atoms with Gasteiger partial charge in [-0.15, -0.1) is 0 Å². The molecule has 112 valence electrons. The largest absolute Gasteiger partial charge is 0.305 e. The first kappa shape index (κ1) is 15.5. The van der Waals surface area contributed by atoms with Crippen LogP contribution in [0.15, 0.2) is 24.4 Å². The monoisotopic (exact) mass is 291 g/mol. The second-order valence-electron chi connectivity index (χ2n) is 5.02. The van der Waals surface area contributed by atoms with Crippen LogP contribution in [0.3, 0.4) is 0 Å². The van der Waals surface area contributed by atoms with Crippen molar-refractivity contribution in [3.05, 3.63) is 58.7 Å². The summed E-state index contributed by atoms with van der Waals surface area (Å²) in [5.41, 5.74) is 1.20. The molecule has 0 amide bonds. The third-order valence-corrected chi connectivity index (χ3v) is 3.31. The summed E-state index contributed by atoms with van der Waals surface area (Å²) in [5.74, 6) is -1.02. The van der Waals surface area contributed by atoms with E-state index in [4.69, 9.17) is 0 Å². The lowest BCUT2D eigenvalue weighted by Gasteiger charge is -2.20. The van der Waals surface area contributed by atoms with Gasteiger partial charge in [0.05, 0.1) is 11.7 Å². The minimum Gasteiger partial charge on any atom is -0.305 e. The van der Waals surface area contributed by atoms with E-state index in [1.807, 2.05) is 6.92 Å². The average Bonchev–Trinajstić information content (AvgIpc) is 2.47. The van der Waals surface area contributed by atoms with Gasteiger partial charge in [0.2, 0.25) is 0 Å². The SMILES string of the molecule is CCCNC(c1ccnc(C)n1)c1ccc(C)c(F)c1F. The van der Waals surface area contributed by atoms with Crippen molar-refractivity contribution < 1.29 is 8.78 Å². The fourth-order valence-corrected chi connectivity index (χ4v) is 2.18. The second kappa shape index (κ2) is 6.72. The third-order valence-electron chi connectivity index (χ3n) is 3.31. The van der Waals surface area contributed by atoms with E-state index < -0.39 is 17.7 Å². The van der Waals surface area contributed by atoms with Gasteiger partial charge in [-0.3, -0.25) is 0 Å². The van der Waals surface area contributed by atoms with Crippen molar-refractivity contribution in [2.24, 2.45) is 0 Å². The molecule has 0 fully saturated rings. The van der Waals surface area contributed by atoms with Crippen molar-refractivity contribution in [1.29, 1.82) is 0 Å². The molecule has 1 N–H and O–H groups in total. The molecule has 3 nitrogen and oxygen atoms in total. The van der Waals surface area contributed by atoms with Crippen molar-refractivity contribution in [2.75, 3.05) is 6.54 Å². The fourth-order valence-electron chi connectivity index (χ4n) is 2.18. The Morgan fingerprint density at radius 3 is 2.57 bits per heavy atom. The van der Waals surface area contributed by atoms with E-state index in [0.717, 1.165) is 6.42 Å². The van der Waals surface area contributed by atoms with E-state index >= 15 is 0 Å². The van der Waals surface area contributed by atoms with E-state index in [1.165, 1.54) is 0 Å². The van der Waals surface area contributed by atoms with Gasteiger partial charge >= 0.3 is 0 Å². The molecule has 1 aromatic carbocycles. The second-order valence-corrected chi connectivity index (χ2v) is 5.02. The highest BCUT2D eigenvalue weighted by molar-refractivity contribution is 5.32. The highest BCUT2D eigenvalue weighted by atomic mass is 19.2. The number of nitrogens with one attached hydrogen (secondary N) is 1. The van der Waals surface area contributed by atoms with Crippen molar-refractivity contribution in [3.63, 3.8) is 0 Å². The van der Waals surface area contributed by atoms with Crippen molar-refractivity contribution in [3.8, 4) is 0 Å². The summed E-state index contributed by atoms with van der Waals surface area (Å²) < 4.78 is 28.1. The van der Waals surface area contributed by atoms with Crippen LogP contribution in [0.5, 0.6) is 0 Å². The van der Waals surface area contributed by atoms with Crippen LogP contribution in [0.2, 0.25) is 0 Å². The zero-order valence-electron chi connectivity index (χ0n) is 12.5. The molecular weight excluding hydrogens is 272 g/mol. The maximum Gasteiger partial charge on any atom is 0.164 e. The summed E-state index contributed by atoms with van der Waals surface area (Å²) in [7, 11) is 0. The summed E-state index contributed by atoms with van der Waals surface area (Å²) in [5, 5.41) is 3.22. The van der Waals surface area contributed by atoms with E-state index in [2.05, 4.69) is 15.3 Å². The Morgan fingerprint density at radius 1 is 1.14 bits per heavy atom. The number of aryl methyl sites for hydroxylation is 2. The summed E-state index contributed by atoms with van der Waals surface area (Å²) in [4.78, 5) is 8.38. The number of rotatable bonds is 5. The number of halogens is 2. The quantitative estimate of drug-likeness (QED) is 0.916. The zero-order chi connectivity index (χ0) is 15.4. The van der Waals surface area contributed by atoms with E-state index in [-0.39, 0.29) is 5.56 Å². The van der Waals surface area contributed by atoms with E-state index in [9.17, 15) is 8.78 Å². The Bertz CT molecular complexity index is 629. The van der Waals surface area contributed by atoms with Gasteiger partial charge in [-0.2, -0.15) is 0 Å². The van der Waals surface area contributed by atoms with Gasteiger partial charge in [-0.25, -0.2) is 18.7 Å². The first-order valence-corrected chi connectivity index (χ1v) is 7.02. The third kappa shape index (κ3) is 3.42. The summed E-state index contributed by atoms with van der Waals surface area (Å²) in [6, 6.07) is 4.43. The lowest BCUT2D eigenvalue weighted by atomic mass is 10.0. The van der Waals surface area contributed by atoms with Gasteiger partial charge in [0.25, 0.3) is 0 Å². The highest BCUT2D eigenvalue weighted by Crippen LogP contribution is 2.26. The molecule has 5 heteroatoms. The molecule has 0 saturated heterocycles. The fraction of sp³-hybridized carbons (Fsp3) is 0.375. The molecule has 0 aliphatic heterocycles. The van der Waals surface area contributed by atoms with E-state index in [0.29, 0.717) is 23.6 Å². The van der Waals surface area contributed by atoms with Gasteiger partial charge in [-0.05, 0) is 38.4 Å². The van der Waals surface area contributed by atoms with Crippen LogP contribution in [0, 0.1) is 25.5 Å². The summed E-state index contributed by atoms with van der Waals surface area (Å²) in [6.45, 7) is 6.02. The smallest absolute Gasteiger partial charge is 0.164 e. The maximum atomic E-state index is 14.3. The van der Waals surface area contributed by atoms with E-state index in [1.54, 1.807) is 38.2 Å². The molecule has 0 aliphatic rings. The van der Waals surface area contributed by atoms with Crippen LogP contribution in [-0.2, 0) is 0 Å². The number of nitrogens with zero attached hydrogens (tertiary/aromatic N) is 2. The molecule has 1 aromatic heterocycles. The van der Waals surface area contributed by atoms with Crippen LogP contribution in [0.1, 0.15) is 42.0 Å². The standard InChI is InChI=1S/C16H19F2N3/c1-4-8-20-16(13-7-9-19-11(3)21-13)12-6-5-10(2)14(17)15(12)18/h5-7,9,16,20H,4,8H2,1-3H3. The zero-order valence-corrected chi connectivity index (χ0v) is 12.5. The predicted molar refractivity (Wildman–Crippen MR) is 78.0 cm³/mol. The molecule has 2 aromatic rings. The molecule has 1 atom stereocenters. The molecule has 0 bridgehead atoms. The molecule has 1 heterocycles. The van der Waals surface area contributed by atoms with Gasteiger partial charge in [-0.1, -0.05) is 19.1 Å². The van der Waals surface area contributed by atoms with Gasteiger partial charge in [0.1, 0.15) is 5.82 Å². The molecule has 0 spiro atoms.